The molecule has 8 heteroatoms. The van der Waals surface area contributed by atoms with E-state index in [-0.39, 0.29) is 10.8 Å². The summed E-state index contributed by atoms with van der Waals surface area (Å²) in [5, 5.41) is 2.83. The Kier molecular flexibility index (Phi) is 7.28. The second-order valence-electron chi connectivity index (χ2n) is 6.79. The van der Waals surface area contributed by atoms with E-state index in [9.17, 15) is 13.2 Å². The molecule has 3 rings (SSSR count). The molecule has 3 aromatic rings. The quantitative estimate of drug-likeness (QED) is 0.531. The van der Waals surface area contributed by atoms with Gasteiger partial charge in [0.25, 0.3) is 15.9 Å². The normalized spacial score (nSPS) is 11.0. The highest BCUT2D eigenvalue weighted by molar-refractivity contribution is 7.92. The second kappa shape index (κ2) is 10.1. The Morgan fingerprint density at radius 2 is 1.45 bits per heavy atom. The van der Waals surface area contributed by atoms with Gasteiger partial charge in [0.05, 0.1) is 18.6 Å². The van der Waals surface area contributed by atoms with Crippen molar-refractivity contribution in [2.75, 3.05) is 18.9 Å². The van der Waals surface area contributed by atoms with Crippen molar-refractivity contribution in [2.45, 2.75) is 18.0 Å². The Hall–Kier alpha value is -3.36. The van der Waals surface area contributed by atoms with E-state index in [2.05, 4.69) is 10.0 Å². The van der Waals surface area contributed by atoms with Crippen molar-refractivity contribution in [1.82, 2.24) is 5.32 Å². The maximum atomic E-state index is 12.6. The number of carbonyl (C=O) groups excluding carboxylic acids is 1. The molecule has 0 unspecified atom stereocenters. The van der Waals surface area contributed by atoms with E-state index in [1.54, 1.807) is 31.4 Å². The standard InChI is InChI=1S/C23H24N2O5S/c1-29-16-18-5-3-17(4-6-18)15-24-23(26)19-7-13-22(14-8-19)31(27,28)25-20-9-11-21(30-2)12-10-20/h3-14,25H,15-16H2,1-2H3,(H,24,26). The van der Waals surface area contributed by atoms with Crippen LogP contribution in [-0.2, 0) is 27.9 Å². The van der Waals surface area contributed by atoms with Crippen molar-refractivity contribution in [2.24, 2.45) is 0 Å². The molecule has 3 aromatic carbocycles. The van der Waals surface area contributed by atoms with Crippen molar-refractivity contribution >= 4 is 21.6 Å². The first kappa shape index (κ1) is 22.3. The van der Waals surface area contributed by atoms with Crippen molar-refractivity contribution in [3.8, 4) is 5.75 Å². The van der Waals surface area contributed by atoms with Gasteiger partial charge in [0.1, 0.15) is 5.75 Å². The predicted octanol–water partition coefficient (Wildman–Crippen LogP) is 3.57. The van der Waals surface area contributed by atoms with Gasteiger partial charge in [-0.15, -0.1) is 0 Å². The third kappa shape index (κ3) is 6.07. The van der Waals surface area contributed by atoms with E-state index < -0.39 is 10.0 Å². The molecule has 0 spiro atoms. The number of sulfonamides is 1. The number of amides is 1. The van der Waals surface area contributed by atoms with E-state index in [0.717, 1.165) is 11.1 Å². The summed E-state index contributed by atoms with van der Waals surface area (Å²) in [7, 11) is -0.596. The molecule has 0 heterocycles. The van der Waals surface area contributed by atoms with Gasteiger partial charge in [0.2, 0.25) is 0 Å². The van der Waals surface area contributed by atoms with Crippen LogP contribution < -0.4 is 14.8 Å². The van der Waals surface area contributed by atoms with E-state index in [1.807, 2.05) is 24.3 Å². The van der Waals surface area contributed by atoms with Gasteiger partial charge >= 0.3 is 0 Å². The van der Waals surface area contributed by atoms with Crippen molar-refractivity contribution in [1.29, 1.82) is 0 Å². The minimum Gasteiger partial charge on any atom is -0.497 e. The third-order valence-electron chi connectivity index (χ3n) is 4.56. The molecule has 1 amide bonds. The molecule has 0 aliphatic rings. The Labute approximate surface area is 182 Å². The number of hydrogen-bond donors (Lipinski definition) is 2. The molecule has 0 saturated heterocycles. The maximum absolute atomic E-state index is 12.6. The molecule has 0 radical (unpaired) electrons. The summed E-state index contributed by atoms with van der Waals surface area (Å²) in [5.74, 6) is 0.345. The van der Waals surface area contributed by atoms with Crippen LogP contribution in [-0.4, -0.2) is 28.5 Å². The lowest BCUT2D eigenvalue weighted by molar-refractivity contribution is 0.0951. The highest BCUT2D eigenvalue weighted by Crippen LogP contribution is 2.19. The number of rotatable bonds is 9. The van der Waals surface area contributed by atoms with Crippen LogP contribution in [0.4, 0.5) is 5.69 Å². The molecule has 0 fully saturated rings. The molecule has 0 aliphatic heterocycles. The first-order valence-corrected chi connectivity index (χ1v) is 11.0. The topological polar surface area (TPSA) is 93.7 Å². The number of anilines is 1. The zero-order chi connectivity index (χ0) is 22.3. The summed E-state index contributed by atoms with van der Waals surface area (Å²) in [5.41, 5.74) is 2.80. The largest absolute Gasteiger partial charge is 0.497 e. The molecule has 0 bridgehead atoms. The number of benzene rings is 3. The zero-order valence-corrected chi connectivity index (χ0v) is 18.1. The van der Waals surface area contributed by atoms with E-state index in [0.29, 0.717) is 30.2 Å². The summed E-state index contributed by atoms with van der Waals surface area (Å²) >= 11 is 0. The van der Waals surface area contributed by atoms with Gasteiger partial charge in [-0.25, -0.2) is 8.42 Å². The molecule has 0 atom stereocenters. The number of nitrogens with one attached hydrogen (secondary N) is 2. The third-order valence-corrected chi connectivity index (χ3v) is 5.95. The second-order valence-corrected chi connectivity index (χ2v) is 8.47. The molecule has 0 aromatic heterocycles. The van der Waals surface area contributed by atoms with E-state index in [1.165, 1.54) is 31.4 Å². The smallest absolute Gasteiger partial charge is 0.261 e. The Morgan fingerprint density at radius 1 is 0.839 bits per heavy atom. The predicted molar refractivity (Wildman–Crippen MR) is 119 cm³/mol. The fourth-order valence-electron chi connectivity index (χ4n) is 2.86. The molecular weight excluding hydrogens is 416 g/mol. The Bertz CT molecular complexity index is 1110. The number of methoxy groups -OCH3 is 2. The van der Waals surface area contributed by atoms with Crippen LogP contribution in [0, 0.1) is 0 Å². The maximum Gasteiger partial charge on any atom is 0.261 e. The molecular formula is C23H24N2O5S. The van der Waals surface area contributed by atoms with Crippen LogP contribution >= 0.6 is 0 Å². The number of ether oxygens (including phenoxy) is 2. The lowest BCUT2D eigenvalue weighted by Gasteiger charge is -2.10. The first-order chi connectivity index (χ1) is 14.9. The Morgan fingerprint density at radius 3 is 2.03 bits per heavy atom. The van der Waals surface area contributed by atoms with Gasteiger partial charge in [-0.3, -0.25) is 9.52 Å². The zero-order valence-electron chi connectivity index (χ0n) is 17.3. The van der Waals surface area contributed by atoms with Crippen LogP contribution in [0.15, 0.2) is 77.7 Å². The fraction of sp³-hybridized carbons (Fsp3) is 0.174. The lowest BCUT2D eigenvalue weighted by atomic mass is 10.1. The molecule has 0 saturated carbocycles. The molecule has 31 heavy (non-hydrogen) atoms. The minimum absolute atomic E-state index is 0.0635. The molecule has 7 nitrogen and oxygen atoms in total. The van der Waals surface area contributed by atoms with Gasteiger partial charge in [-0.2, -0.15) is 0 Å². The van der Waals surface area contributed by atoms with Crippen molar-refractivity contribution in [3.05, 3.63) is 89.5 Å². The molecule has 162 valence electrons. The summed E-state index contributed by atoms with van der Waals surface area (Å²) in [6.07, 6.45) is 0. The van der Waals surface area contributed by atoms with Crippen molar-refractivity contribution < 1.29 is 22.7 Å². The first-order valence-electron chi connectivity index (χ1n) is 9.53. The summed E-state index contributed by atoms with van der Waals surface area (Å²) < 4.78 is 37.8. The fourth-order valence-corrected chi connectivity index (χ4v) is 3.92. The number of hydrogen-bond acceptors (Lipinski definition) is 5. The minimum atomic E-state index is -3.77. The van der Waals surface area contributed by atoms with Crippen LogP contribution in [0.5, 0.6) is 5.75 Å². The highest BCUT2D eigenvalue weighted by Gasteiger charge is 2.15. The van der Waals surface area contributed by atoms with Gasteiger partial charge < -0.3 is 14.8 Å². The summed E-state index contributed by atoms with van der Waals surface area (Å²) in [6, 6.07) is 20.1. The van der Waals surface area contributed by atoms with Gasteiger partial charge in [-0.1, -0.05) is 24.3 Å². The van der Waals surface area contributed by atoms with Gasteiger partial charge in [0, 0.05) is 24.9 Å². The van der Waals surface area contributed by atoms with Crippen LogP contribution in [0.25, 0.3) is 0 Å². The SMILES string of the molecule is COCc1ccc(CNC(=O)c2ccc(S(=O)(=O)Nc3ccc(OC)cc3)cc2)cc1. The summed E-state index contributed by atoms with van der Waals surface area (Å²) in [6.45, 7) is 0.903. The van der Waals surface area contributed by atoms with Crippen LogP contribution in [0.2, 0.25) is 0 Å². The number of carbonyl (C=O) groups is 1. The Balaban J connectivity index is 1.60. The van der Waals surface area contributed by atoms with E-state index >= 15 is 0 Å². The van der Waals surface area contributed by atoms with Crippen LogP contribution in [0.1, 0.15) is 21.5 Å². The average Bonchev–Trinajstić information content (AvgIpc) is 2.79. The van der Waals surface area contributed by atoms with Gasteiger partial charge in [0.15, 0.2) is 0 Å². The van der Waals surface area contributed by atoms with Crippen LogP contribution in [0.3, 0.4) is 0 Å². The van der Waals surface area contributed by atoms with E-state index in [4.69, 9.17) is 9.47 Å². The van der Waals surface area contributed by atoms with Crippen molar-refractivity contribution in [3.63, 3.8) is 0 Å². The van der Waals surface area contributed by atoms with Gasteiger partial charge in [-0.05, 0) is 59.7 Å². The molecule has 2 N–H and O–H groups in total. The molecule has 0 aliphatic carbocycles. The lowest BCUT2D eigenvalue weighted by Crippen LogP contribution is -2.23. The highest BCUT2D eigenvalue weighted by atomic mass is 32.2. The summed E-state index contributed by atoms with van der Waals surface area (Å²) in [4.78, 5) is 12.5. The average molecular weight is 441 g/mol. The monoisotopic (exact) mass is 440 g/mol.